The SMILES string of the molecule is CSc1ncccc1C(=O)N(c1ccccc1)c1nc(C)cs1. The predicted octanol–water partition coefficient (Wildman–Crippen LogP) is 4.55. The van der Waals surface area contributed by atoms with Gasteiger partial charge in [0.1, 0.15) is 5.03 Å². The summed E-state index contributed by atoms with van der Waals surface area (Å²) in [5.41, 5.74) is 2.27. The lowest BCUT2D eigenvalue weighted by atomic mass is 10.2. The third-order valence-electron chi connectivity index (χ3n) is 3.21. The molecule has 0 radical (unpaired) electrons. The van der Waals surface area contributed by atoms with Crippen LogP contribution in [0.2, 0.25) is 0 Å². The highest BCUT2D eigenvalue weighted by Crippen LogP contribution is 2.31. The Morgan fingerprint density at radius 1 is 1.17 bits per heavy atom. The van der Waals surface area contributed by atoms with Gasteiger partial charge < -0.3 is 0 Å². The van der Waals surface area contributed by atoms with E-state index in [1.54, 1.807) is 23.2 Å². The third-order valence-corrected chi connectivity index (χ3v) is 4.87. The molecule has 3 aromatic rings. The van der Waals surface area contributed by atoms with Crippen LogP contribution in [0.1, 0.15) is 16.1 Å². The number of para-hydroxylation sites is 1. The number of hydrogen-bond acceptors (Lipinski definition) is 5. The van der Waals surface area contributed by atoms with Crippen LogP contribution in [-0.4, -0.2) is 22.1 Å². The number of amides is 1. The Bertz CT molecular complexity index is 817. The Kier molecular flexibility index (Phi) is 4.73. The zero-order valence-electron chi connectivity index (χ0n) is 12.8. The number of aromatic nitrogens is 2. The van der Waals surface area contributed by atoms with Gasteiger partial charge in [0.25, 0.3) is 5.91 Å². The van der Waals surface area contributed by atoms with Gasteiger partial charge in [0.2, 0.25) is 0 Å². The van der Waals surface area contributed by atoms with Gasteiger partial charge in [0.05, 0.1) is 16.9 Å². The van der Waals surface area contributed by atoms with Gasteiger partial charge in [0, 0.05) is 11.6 Å². The highest BCUT2D eigenvalue weighted by Gasteiger charge is 2.24. The van der Waals surface area contributed by atoms with Gasteiger partial charge in [-0.1, -0.05) is 18.2 Å². The molecular weight excluding hydrogens is 326 g/mol. The summed E-state index contributed by atoms with van der Waals surface area (Å²) in [5, 5.41) is 3.32. The molecule has 0 N–H and O–H groups in total. The molecule has 0 bridgehead atoms. The molecule has 3 rings (SSSR count). The van der Waals surface area contributed by atoms with E-state index < -0.39 is 0 Å². The van der Waals surface area contributed by atoms with E-state index in [4.69, 9.17) is 0 Å². The average Bonchev–Trinajstić information content (AvgIpc) is 3.02. The largest absolute Gasteiger partial charge is 0.268 e. The fourth-order valence-electron chi connectivity index (χ4n) is 2.17. The van der Waals surface area contributed by atoms with Crippen LogP contribution < -0.4 is 4.90 Å². The first-order chi connectivity index (χ1) is 11.2. The molecule has 2 aromatic heterocycles. The second-order valence-corrected chi connectivity index (χ2v) is 6.44. The molecule has 0 saturated heterocycles. The first-order valence-corrected chi connectivity index (χ1v) is 9.12. The van der Waals surface area contributed by atoms with Gasteiger partial charge in [-0.05, 0) is 37.4 Å². The van der Waals surface area contributed by atoms with Gasteiger partial charge in [-0.2, -0.15) is 0 Å². The highest BCUT2D eigenvalue weighted by molar-refractivity contribution is 7.98. The van der Waals surface area contributed by atoms with E-state index in [-0.39, 0.29) is 5.91 Å². The van der Waals surface area contributed by atoms with Crippen LogP contribution in [0.25, 0.3) is 0 Å². The fraction of sp³-hybridized carbons (Fsp3) is 0.118. The minimum atomic E-state index is -0.122. The van der Waals surface area contributed by atoms with Gasteiger partial charge in [-0.3, -0.25) is 9.69 Å². The van der Waals surface area contributed by atoms with E-state index in [2.05, 4.69) is 9.97 Å². The zero-order chi connectivity index (χ0) is 16.2. The Morgan fingerprint density at radius 2 is 1.96 bits per heavy atom. The Labute approximate surface area is 143 Å². The second kappa shape index (κ2) is 6.93. The molecule has 1 aromatic carbocycles. The molecule has 0 atom stereocenters. The van der Waals surface area contributed by atoms with Gasteiger partial charge in [0.15, 0.2) is 5.13 Å². The normalized spacial score (nSPS) is 10.5. The number of carbonyl (C=O) groups excluding carboxylic acids is 1. The lowest BCUT2D eigenvalue weighted by Gasteiger charge is -2.20. The van der Waals surface area contributed by atoms with Crippen molar-refractivity contribution in [3.63, 3.8) is 0 Å². The number of aryl methyl sites for hydroxylation is 1. The first-order valence-electron chi connectivity index (χ1n) is 7.01. The monoisotopic (exact) mass is 341 g/mol. The van der Waals surface area contributed by atoms with Crippen molar-refractivity contribution in [2.45, 2.75) is 11.9 Å². The Morgan fingerprint density at radius 3 is 2.61 bits per heavy atom. The van der Waals surface area contributed by atoms with Crippen LogP contribution in [0, 0.1) is 6.92 Å². The quantitative estimate of drug-likeness (QED) is 0.653. The first kappa shape index (κ1) is 15.7. The highest BCUT2D eigenvalue weighted by atomic mass is 32.2. The van der Waals surface area contributed by atoms with E-state index in [0.29, 0.717) is 15.7 Å². The second-order valence-electron chi connectivity index (χ2n) is 4.81. The van der Waals surface area contributed by atoms with E-state index in [1.807, 2.05) is 48.9 Å². The maximum absolute atomic E-state index is 13.2. The molecule has 0 aliphatic rings. The number of carbonyl (C=O) groups is 1. The average molecular weight is 341 g/mol. The van der Waals surface area contributed by atoms with Crippen molar-refractivity contribution >= 4 is 39.8 Å². The summed E-state index contributed by atoms with van der Waals surface area (Å²) in [6, 6.07) is 13.1. The molecule has 116 valence electrons. The van der Waals surface area contributed by atoms with Crippen molar-refractivity contribution in [1.29, 1.82) is 0 Å². The lowest BCUT2D eigenvalue weighted by molar-refractivity contribution is 0.0996. The van der Waals surface area contributed by atoms with Crippen molar-refractivity contribution < 1.29 is 4.79 Å². The summed E-state index contributed by atoms with van der Waals surface area (Å²) < 4.78 is 0. The molecule has 1 amide bonds. The topological polar surface area (TPSA) is 46.1 Å². The number of thioether (sulfide) groups is 1. The maximum Gasteiger partial charge on any atom is 0.267 e. The Hall–Kier alpha value is -2.18. The van der Waals surface area contributed by atoms with Gasteiger partial charge >= 0.3 is 0 Å². The number of thiazole rings is 1. The number of nitrogens with zero attached hydrogens (tertiary/aromatic N) is 3. The third kappa shape index (κ3) is 3.28. The molecule has 0 aliphatic carbocycles. The van der Waals surface area contributed by atoms with Crippen LogP contribution in [0.3, 0.4) is 0 Å². The summed E-state index contributed by atoms with van der Waals surface area (Å²) in [7, 11) is 0. The van der Waals surface area contributed by atoms with E-state index in [0.717, 1.165) is 11.4 Å². The maximum atomic E-state index is 13.2. The van der Waals surface area contributed by atoms with E-state index >= 15 is 0 Å². The van der Waals surface area contributed by atoms with Crippen LogP contribution >= 0.6 is 23.1 Å². The predicted molar refractivity (Wildman–Crippen MR) is 95.8 cm³/mol. The summed E-state index contributed by atoms with van der Waals surface area (Å²) in [4.78, 5) is 23.6. The molecule has 2 heterocycles. The molecule has 0 unspecified atom stereocenters. The summed E-state index contributed by atoms with van der Waals surface area (Å²) in [6.45, 7) is 1.92. The zero-order valence-corrected chi connectivity index (χ0v) is 14.4. The summed E-state index contributed by atoms with van der Waals surface area (Å²) in [6.07, 6.45) is 3.61. The fourth-order valence-corrected chi connectivity index (χ4v) is 3.53. The summed E-state index contributed by atoms with van der Waals surface area (Å²) >= 11 is 2.92. The van der Waals surface area contributed by atoms with Crippen LogP contribution in [0.5, 0.6) is 0 Å². The molecule has 4 nitrogen and oxygen atoms in total. The molecule has 0 saturated carbocycles. The van der Waals surface area contributed by atoms with Gasteiger partial charge in [-0.25, -0.2) is 9.97 Å². The minimum Gasteiger partial charge on any atom is -0.268 e. The van der Waals surface area contributed by atoms with Crippen molar-refractivity contribution in [2.24, 2.45) is 0 Å². The molecular formula is C17H15N3OS2. The standard InChI is InChI=1S/C17H15N3OS2/c1-12-11-23-17(19-12)20(13-7-4-3-5-8-13)16(21)14-9-6-10-18-15(14)22-2/h3-11H,1-2H3. The number of anilines is 2. The number of rotatable bonds is 4. The number of pyridine rings is 1. The number of benzene rings is 1. The van der Waals surface area contributed by atoms with Gasteiger partial charge in [-0.15, -0.1) is 23.1 Å². The van der Waals surface area contributed by atoms with Crippen molar-refractivity contribution in [3.05, 3.63) is 65.3 Å². The summed E-state index contributed by atoms with van der Waals surface area (Å²) in [5.74, 6) is -0.122. The van der Waals surface area contributed by atoms with E-state index in [1.165, 1.54) is 23.1 Å². The smallest absolute Gasteiger partial charge is 0.267 e. The minimum absolute atomic E-state index is 0.122. The van der Waals surface area contributed by atoms with Crippen LogP contribution in [-0.2, 0) is 0 Å². The molecule has 0 aliphatic heterocycles. The molecule has 23 heavy (non-hydrogen) atoms. The van der Waals surface area contributed by atoms with Crippen molar-refractivity contribution in [2.75, 3.05) is 11.2 Å². The molecule has 0 spiro atoms. The van der Waals surface area contributed by atoms with Crippen molar-refractivity contribution in [3.8, 4) is 0 Å². The van der Waals surface area contributed by atoms with Crippen LogP contribution in [0.15, 0.2) is 59.1 Å². The van der Waals surface area contributed by atoms with Crippen molar-refractivity contribution in [1.82, 2.24) is 9.97 Å². The molecule has 6 heteroatoms. The Balaban J connectivity index is 2.10. The van der Waals surface area contributed by atoms with Crippen LogP contribution in [0.4, 0.5) is 10.8 Å². The number of hydrogen-bond donors (Lipinski definition) is 0. The lowest BCUT2D eigenvalue weighted by Crippen LogP contribution is -2.26. The molecule has 0 fully saturated rings. The van der Waals surface area contributed by atoms with E-state index in [9.17, 15) is 4.79 Å².